The summed E-state index contributed by atoms with van der Waals surface area (Å²) in [4.78, 5) is 22.1. The minimum atomic E-state index is 0.227. The number of hydrogen-bond donors (Lipinski definition) is 0. The van der Waals surface area contributed by atoms with Gasteiger partial charge in [-0.25, -0.2) is 4.98 Å². The fraction of sp³-hybridized carbons (Fsp3) is 0.364. The van der Waals surface area contributed by atoms with Crippen LogP contribution in [0.5, 0.6) is 0 Å². The topological polar surface area (TPSA) is 36.4 Å². The molecule has 0 bridgehead atoms. The first-order valence-electron chi connectivity index (χ1n) is 9.74. The van der Waals surface area contributed by atoms with E-state index in [1.165, 1.54) is 15.3 Å². The maximum Gasteiger partial charge on any atom is 0.241 e. The van der Waals surface area contributed by atoms with Crippen LogP contribution in [0.15, 0.2) is 48.5 Å². The predicted octanol–water partition coefficient (Wildman–Crippen LogP) is 4.07. The summed E-state index contributed by atoms with van der Waals surface area (Å²) in [5, 5.41) is 1.22. The lowest BCUT2D eigenvalue weighted by molar-refractivity contribution is -0.119. The van der Waals surface area contributed by atoms with E-state index in [9.17, 15) is 4.79 Å². The largest absolute Gasteiger partial charge is 0.311 e. The predicted molar refractivity (Wildman–Crippen MR) is 111 cm³/mol. The first-order valence-corrected chi connectivity index (χ1v) is 10.6. The Kier molecular flexibility index (Phi) is 4.42. The standard InChI is InChI=1S/C22H23N3OS/c26-21(25-13-11-16-6-1-3-9-19(16)25)15-24-12-5-7-17(14-24)22-23-18-8-2-4-10-20(18)27-22/h1-4,6,8-10,17H,5,7,11-15H2. The molecular formula is C22H23N3OS. The molecule has 3 aromatic rings. The number of anilines is 1. The Labute approximate surface area is 163 Å². The number of carbonyl (C=O) groups is 1. The van der Waals surface area contributed by atoms with Crippen molar-refractivity contribution in [3.05, 3.63) is 59.1 Å². The quantitative estimate of drug-likeness (QED) is 0.690. The Morgan fingerprint density at radius 2 is 1.96 bits per heavy atom. The average Bonchev–Trinajstić information content (AvgIpc) is 3.32. The lowest BCUT2D eigenvalue weighted by atomic mass is 9.98. The Hall–Kier alpha value is -2.24. The minimum Gasteiger partial charge on any atom is -0.311 e. The van der Waals surface area contributed by atoms with Gasteiger partial charge in [0, 0.05) is 24.7 Å². The van der Waals surface area contributed by atoms with Gasteiger partial charge in [0.15, 0.2) is 0 Å². The van der Waals surface area contributed by atoms with Crippen LogP contribution in [0.25, 0.3) is 10.2 Å². The fourth-order valence-corrected chi connectivity index (χ4v) is 5.43. The lowest BCUT2D eigenvalue weighted by Crippen LogP contribution is -2.43. The molecule has 5 heteroatoms. The van der Waals surface area contributed by atoms with E-state index in [4.69, 9.17) is 4.98 Å². The molecule has 1 atom stereocenters. The van der Waals surface area contributed by atoms with E-state index in [1.807, 2.05) is 28.4 Å². The molecule has 1 saturated heterocycles. The van der Waals surface area contributed by atoms with Gasteiger partial charge in [0.05, 0.1) is 21.8 Å². The molecule has 2 aromatic carbocycles. The zero-order chi connectivity index (χ0) is 18.2. The van der Waals surface area contributed by atoms with Crippen LogP contribution in [0, 0.1) is 0 Å². The molecule has 3 heterocycles. The summed E-state index contributed by atoms with van der Waals surface area (Å²) in [5.74, 6) is 0.666. The van der Waals surface area contributed by atoms with E-state index < -0.39 is 0 Å². The third-order valence-electron chi connectivity index (χ3n) is 5.71. The van der Waals surface area contributed by atoms with E-state index in [0.717, 1.165) is 50.1 Å². The molecule has 0 radical (unpaired) electrons. The SMILES string of the molecule is O=C(CN1CCCC(c2nc3ccccc3s2)C1)N1CCc2ccccc21. The van der Waals surface area contributed by atoms with Crippen molar-refractivity contribution in [1.29, 1.82) is 0 Å². The van der Waals surface area contributed by atoms with Gasteiger partial charge in [0.25, 0.3) is 0 Å². The first kappa shape index (κ1) is 16.9. The molecule has 27 heavy (non-hydrogen) atoms. The zero-order valence-corrected chi connectivity index (χ0v) is 16.1. The number of hydrogen-bond acceptors (Lipinski definition) is 4. The van der Waals surface area contributed by atoms with Crippen LogP contribution < -0.4 is 4.90 Å². The summed E-state index contributed by atoms with van der Waals surface area (Å²) < 4.78 is 1.26. The number of amides is 1. The third-order valence-corrected chi connectivity index (χ3v) is 6.91. The van der Waals surface area contributed by atoms with Crippen molar-refractivity contribution in [1.82, 2.24) is 9.88 Å². The van der Waals surface area contributed by atoms with Gasteiger partial charge in [0.2, 0.25) is 5.91 Å². The summed E-state index contributed by atoms with van der Waals surface area (Å²) in [6, 6.07) is 16.6. The highest BCUT2D eigenvalue weighted by atomic mass is 32.1. The molecule has 0 N–H and O–H groups in total. The highest BCUT2D eigenvalue weighted by molar-refractivity contribution is 7.18. The smallest absolute Gasteiger partial charge is 0.241 e. The van der Waals surface area contributed by atoms with Gasteiger partial charge < -0.3 is 4.90 Å². The van der Waals surface area contributed by atoms with Gasteiger partial charge in [0.1, 0.15) is 0 Å². The number of piperidine rings is 1. The number of para-hydroxylation sites is 2. The number of fused-ring (bicyclic) bond motifs is 2. The molecule has 2 aliphatic rings. The Morgan fingerprint density at radius 3 is 2.89 bits per heavy atom. The second-order valence-electron chi connectivity index (χ2n) is 7.52. The van der Waals surface area contributed by atoms with E-state index in [0.29, 0.717) is 12.5 Å². The molecule has 1 unspecified atom stereocenters. The van der Waals surface area contributed by atoms with Crippen LogP contribution >= 0.6 is 11.3 Å². The maximum atomic E-state index is 12.9. The van der Waals surface area contributed by atoms with E-state index in [1.54, 1.807) is 0 Å². The molecule has 1 aromatic heterocycles. The maximum absolute atomic E-state index is 12.9. The number of rotatable bonds is 3. The van der Waals surface area contributed by atoms with Crippen molar-refractivity contribution in [3.63, 3.8) is 0 Å². The number of thiazole rings is 1. The van der Waals surface area contributed by atoms with Crippen LogP contribution in [0.1, 0.15) is 29.3 Å². The van der Waals surface area contributed by atoms with Crippen LogP contribution in [0.3, 0.4) is 0 Å². The number of nitrogens with zero attached hydrogens (tertiary/aromatic N) is 3. The van der Waals surface area contributed by atoms with Gasteiger partial charge in [-0.1, -0.05) is 30.3 Å². The van der Waals surface area contributed by atoms with Crippen LogP contribution in [-0.2, 0) is 11.2 Å². The minimum absolute atomic E-state index is 0.227. The van der Waals surface area contributed by atoms with Crippen molar-refractivity contribution >= 4 is 33.1 Å². The highest BCUT2D eigenvalue weighted by Crippen LogP contribution is 2.33. The molecule has 5 rings (SSSR count). The zero-order valence-electron chi connectivity index (χ0n) is 15.3. The van der Waals surface area contributed by atoms with E-state index in [2.05, 4.69) is 41.3 Å². The monoisotopic (exact) mass is 377 g/mol. The van der Waals surface area contributed by atoms with Crippen LogP contribution in [0.4, 0.5) is 5.69 Å². The number of benzene rings is 2. The molecule has 1 fully saturated rings. The molecule has 0 spiro atoms. The van der Waals surface area contributed by atoms with Crippen LogP contribution in [0.2, 0.25) is 0 Å². The van der Waals surface area contributed by atoms with Gasteiger partial charge in [-0.3, -0.25) is 9.69 Å². The summed E-state index contributed by atoms with van der Waals surface area (Å²) in [6.45, 7) is 3.26. The second kappa shape index (κ2) is 7.06. The fourth-order valence-electron chi connectivity index (χ4n) is 4.34. The number of aromatic nitrogens is 1. The van der Waals surface area contributed by atoms with Crippen molar-refractivity contribution in [3.8, 4) is 0 Å². The number of likely N-dealkylation sites (tertiary alicyclic amines) is 1. The molecule has 0 saturated carbocycles. The molecule has 4 nitrogen and oxygen atoms in total. The van der Waals surface area contributed by atoms with Crippen molar-refractivity contribution in [2.24, 2.45) is 0 Å². The normalized spacial score (nSPS) is 20.1. The lowest BCUT2D eigenvalue weighted by Gasteiger charge is -2.32. The molecule has 138 valence electrons. The van der Waals surface area contributed by atoms with Crippen molar-refractivity contribution in [2.45, 2.75) is 25.2 Å². The Balaban J connectivity index is 1.28. The Morgan fingerprint density at radius 1 is 1.11 bits per heavy atom. The van der Waals surface area contributed by atoms with Gasteiger partial charge in [-0.05, 0) is 49.6 Å². The summed E-state index contributed by atoms with van der Waals surface area (Å²) in [7, 11) is 0. The molecule has 0 aliphatic carbocycles. The van der Waals surface area contributed by atoms with Crippen molar-refractivity contribution < 1.29 is 4.79 Å². The molecule has 1 amide bonds. The third kappa shape index (κ3) is 3.26. The molecule has 2 aliphatic heterocycles. The first-order chi connectivity index (χ1) is 13.3. The van der Waals surface area contributed by atoms with Gasteiger partial charge >= 0.3 is 0 Å². The average molecular weight is 378 g/mol. The highest BCUT2D eigenvalue weighted by Gasteiger charge is 2.29. The summed E-state index contributed by atoms with van der Waals surface area (Å²) in [5.41, 5.74) is 3.48. The Bertz CT molecular complexity index is 949. The second-order valence-corrected chi connectivity index (χ2v) is 8.58. The van der Waals surface area contributed by atoms with Gasteiger partial charge in [-0.2, -0.15) is 0 Å². The van der Waals surface area contributed by atoms with Crippen LogP contribution in [-0.4, -0.2) is 42.0 Å². The van der Waals surface area contributed by atoms with E-state index >= 15 is 0 Å². The summed E-state index contributed by atoms with van der Waals surface area (Å²) in [6.07, 6.45) is 3.26. The molecular weight excluding hydrogens is 354 g/mol. The number of carbonyl (C=O) groups excluding carboxylic acids is 1. The van der Waals surface area contributed by atoms with Crippen molar-refractivity contribution in [2.75, 3.05) is 31.1 Å². The van der Waals surface area contributed by atoms with E-state index in [-0.39, 0.29) is 5.91 Å². The summed E-state index contributed by atoms with van der Waals surface area (Å²) >= 11 is 1.81. The van der Waals surface area contributed by atoms with Gasteiger partial charge in [-0.15, -0.1) is 11.3 Å².